The van der Waals surface area contributed by atoms with E-state index in [2.05, 4.69) is 40.4 Å². The lowest BCUT2D eigenvalue weighted by Crippen LogP contribution is -2.48. The molecule has 0 N–H and O–H groups in total. The predicted octanol–water partition coefficient (Wildman–Crippen LogP) is 6.48. The van der Waals surface area contributed by atoms with Gasteiger partial charge in [-0.05, 0) is 50.0 Å². The van der Waals surface area contributed by atoms with Gasteiger partial charge in [0.05, 0.1) is 19.3 Å². The van der Waals surface area contributed by atoms with Crippen molar-refractivity contribution in [3.63, 3.8) is 0 Å². The molecule has 0 aromatic heterocycles. The summed E-state index contributed by atoms with van der Waals surface area (Å²) in [6, 6.07) is 3.49. The summed E-state index contributed by atoms with van der Waals surface area (Å²) in [7, 11) is -0.488. The molecule has 8 heteroatoms. The molecule has 200 valence electrons. The van der Waals surface area contributed by atoms with Crippen LogP contribution in [-0.4, -0.2) is 51.3 Å². The summed E-state index contributed by atoms with van der Waals surface area (Å²) in [4.78, 5) is 12.8. The first-order valence-electron chi connectivity index (χ1n) is 12.5. The second-order valence-corrected chi connectivity index (χ2v) is 16.6. The molecule has 0 amide bonds. The maximum atomic E-state index is 12.8. The number of hydrogen-bond acceptors (Lipinski definition) is 7. The van der Waals surface area contributed by atoms with Crippen LogP contribution >= 0.6 is 0 Å². The van der Waals surface area contributed by atoms with Crippen LogP contribution in [-0.2, 0) is 18.6 Å². The number of carbonyl (C=O) groups is 1. The highest BCUT2D eigenvalue weighted by Crippen LogP contribution is 2.41. The van der Waals surface area contributed by atoms with Crippen molar-refractivity contribution in [2.45, 2.75) is 103 Å². The maximum Gasteiger partial charge on any atom is 0.345 e. The van der Waals surface area contributed by atoms with Crippen LogP contribution in [0, 0.1) is 0 Å². The Kier molecular flexibility index (Phi) is 7.87. The molecule has 0 bridgehead atoms. The summed E-state index contributed by atoms with van der Waals surface area (Å²) in [6.07, 6.45) is 5.33. The van der Waals surface area contributed by atoms with Gasteiger partial charge in [-0.2, -0.15) is 0 Å². The topological polar surface area (TPSA) is 72.5 Å². The number of benzene rings is 1. The molecule has 3 atom stereocenters. The van der Waals surface area contributed by atoms with E-state index in [0.29, 0.717) is 29.0 Å². The highest BCUT2D eigenvalue weighted by atomic mass is 28.4. The van der Waals surface area contributed by atoms with E-state index < -0.39 is 25.9 Å². The number of carbonyl (C=O) groups excluding carboxylic acids is 1. The zero-order chi connectivity index (χ0) is 27.1. The van der Waals surface area contributed by atoms with Gasteiger partial charge in [0.2, 0.25) is 5.79 Å². The molecule has 1 saturated heterocycles. The monoisotopic (exact) mass is 518 g/mol. The van der Waals surface area contributed by atoms with E-state index in [-0.39, 0.29) is 23.4 Å². The van der Waals surface area contributed by atoms with E-state index in [4.69, 9.17) is 28.1 Å². The van der Waals surface area contributed by atoms with Crippen LogP contribution in [0.3, 0.4) is 0 Å². The van der Waals surface area contributed by atoms with Crippen molar-refractivity contribution in [3.05, 3.63) is 42.0 Å². The summed E-state index contributed by atoms with van der Waals surface area (Å²) in [5, 5.41) is 0.0509. The van der Waals surface area contributed by atoms with Crippen molar-refractivity contribution < 1.29 is 32.9 Å². The molecule has 7 nitrogen and oxygen atoms in total. The minimum Gasteiger partial charge on any atom is -0.497 e. The molecule has 0 saturated carbocycles. The zero-order valence-corrected chi connectivity index (χ0v) is 24.4. The van der Waals surface area contributed by atoms with E-state index >= 15 is 0 Å². The lowest BCUT2D eigenvalue weighted by atomic mass is 10.0. The Balaban J connectivity index is 1.85. The molecular formula is C28H42O7Si. The Morgan fingerprint density at radius 1 is 1.11 bits per heavy atom. The Morgan fingerprint density at radius 3 is 2.36 bits per heavy atom. The molecule has 1 fully saturated rings. The zero-order valence-electron chi connectivity index (χ0n) is 23.4. The first-order valence-corrected chi connectivity index (χ1v) is 15.4. The number of esters is 1. The average Bonchev–Trinajstić information content (AvgIpc) is 3.03. The minimum atomic E-state index is -2.07. The van der Waals surface area contributed by atoms with Crippen LogP contribution in [0.5, 0.6) is 11.5 Å². The second kappa shape index (κ2) is 9.97. The first kappa shape index (κ1) is 28.4. The van der Waals surface area contributed by atoms with Crippen LogP contribution in [0.4, 0.5) is 0 Å². The Hall–Kier alpha value is -2.13. The third kappa shape index (κ3) is 6.22. The molecule has 0 aliphatic carbocycles. The van der Waals surface area contributed by atoms with Gasteiger partial charge in [-0.3, -0.25) is 0 Å². The summed E-state index contributed by atoms with van der Waals surface area (Å²) >= 11 is 0. The molecule has 2 heterocycles. The SMILES string of the molecule is C=C[C@H](O[Si](C)(C)C(C)(C)C)[C@H]1OC(C)(C)O[C@H]1C/C=C/c1cc(OC)cc2c1C(=O)OC(C)(C)O2. The fourth-order valence-electron chi connectivity index (χ4n) is 4.14. The first-order chi connectivity index (χ1) is 16.5. The lowest BCUT2D eigenvalue weighted by molar-refractivity contribution is -0.151. The number of ether oxygens (including phenoxy) is 5. The van der Waals surface area contributed by atoms with Gasteiger partial charge in [-0.25, -0.2) is 4.79 Å². The Bertz CT molecular complexity index is 1020. The van der Waals surface area contributed by atoms with Crippen LogP contribution in [0.2, 0.25) is 18.1 Å². The summed E-state index contributed by atoms with van der Waals surface area (Å²) in [5.41, 5.74) is 1.02. The smallest absolute Gasteiger partial charge is 0.345 e. The highest BCUT2D eigenvalue weighted by molar-refractivity contribution is 6.74. The number of methoxy groups -OCH3 is 1. The highest BCUT2D eigenvalue weighted by Gasteiger charge is 2.47. The van der Waals surface area contributed by atoms with Gasteiger partial charge in [0.1, 0.15) is 23.2 Å². The second-order valence-electron chi connectivity index (χ2n) is 11.8. The molecule has 1 aromatic carbocycles. The summed E-state index contributed by atoms with van der Waals surface area (Å²) in [6.45, 7) is 22.3. The molecule has 36 heavy (non-hydrogen) atoms. The number of cyclic esters (lactones) is 1. The van der Waals surface area contributed by atoms with Crippen molar-refractivity contribution in [1.82, 2.24) is 0 Å². The van der Waals surface area contributed by atoms with Gasteiger partial charge in [-0.15, -0.1) is 6.58 Å². The number of hydrogen-bond donors (Lipinski definition) is 0. The third-order valence-corrected chi connectivity index (χ3v) is 11.4. The van der Waals surface area contributed by atoms with Gasteiger partial charge in [0.25, 0.3) is 0 Å². The largest absolute Gasteiger partial charge is 0.497 e. The van der Waals surface area contributed by atoms with Gasteiger partial charge in [-0.1, -0.05) is 39.0 Å². The summed E-state index contributed by atoms with van der Waals surface area (Å²) in [5.74, 6) is -1.20. The van der Waals surface area contributed by atoms with E-state index in [0.717, 1.165) is 0 Å². The van der Waals surface area contributed by atoms with E-state index in [9.17, 15) is 4.79 Å². The minimum absolute atomic E-state index is 0.0509. The Labute approximate surface area is 216 Å². The molecule has 2 aliphatic rings. The van der Waals surface area contributed by atoms with E-state index in [1.54, 1.807) is 33.1 Å². The van der Waals surface area contributed by atoms with Crippen molar-refractivity contribution >= 4 is 20.4 Å². The number of rotatable bonds is 8. The molecule has 0 radical (unpaired) electrons. The number of fused-ring (bicyclic) bond motifs is 1. The van der Waals surface area contributed by atoms with Crippen molar-refractivity contribution in [3.8, 4) is 11.5 Å². The molecular weight excluding hydrogens is 476 g/mol. The van der Waals surface area contributed by atoms with Crippen LogP contribution in [0.25, 0.3) is 6.08 Å². The Morgan fingerprint density at radius 2 is 1.78 bits per heavy atom. The van der Waals surface area contributed by atoms with Gasteiger partial charge < -0.3 is 28.1 Å². The third-order valence-electron chi connectivity index (χ3n) is 6.92. The fourth-order valence-corrected chi connectivity index (χ4v) is 5.40. The van der Waals surface area contributed by atoms with Crippen molar-refractivity contribution in [2.75, 3.05) is 7.11 Å². The maximum absolute atomic E-state index is 12.8. The van der Waals surface area contributed by atoms with Crippen LogP contribution in [0.15, 0.2) is 30.9 Å². The van der Waals surface area contributed by atoms with Crippen molar-refractivity contribution in [1.29, 1.82) is 0 Å². The summed E-state index contributed by atoms with van der Waals surface area (Å²) < 4.78 is 36.0. The van der Waals surface area contributed by atoms with E-state index in [1.165, 1.54) is 0 Å². The van der Waals surface area contributed by atoms with Gasteiger partial charge in [0, 0.05) is 19.9 Å². The standard InChI is InChI=1S/C28H42O7Si/c1-12-20(35-36(10,11)26(2,3)4)24-21(31-27(5,6)33-24)15-13-14-18-16-19(30-9)17-22-23(18)25(29)34-28(7,8)32-22/h12-14,16-17,20-21,24H,1,15H2,2-11H3/b14-13+/t20-,21-,24+/m0/s1. The fraction of sp³-hybridized carbons (Fsp3) is 0.607. The molecule has 3 rings (SSSR count). The van der Waals surface area contributed by atoms with Gasteiger partial charge >= 0.3 is 5.97 Å². The van der Waals surface area contributed by atoms with Gasteiger partial charge in [0.15, 0.2) is 14.1 Å². The molecule has 0 unspecified atom stereocenters. The molecule has 0 spiro atoms. The van der Waals surface area contributed by atoms with Crippen molar-refractivity contribution in [2.24, 2.45) is 0 Å². The quantitative estimate of drug-likeness (QED) is 0.221. The normalized spacial score (nSPS) is 24.1. The van der Waals surface area contributed by atoms with Crippen LogP contribution < -0.4 is 9.47 Å². The van der Waals surface area contributed by atoms with Crippen LogP contribution in [0.1, 0.15) is 70.8 Å². The molecule has 2 aliphatic heterocycles. The van der Waals surface area contributed by atoms with E-state index in [1.807, 2.05) is 32.1 Å². The average molecular weight is 519 g/mol. The predicted molar refractivity (Wildman–Crippen MR) is 143 cm³/mol. The lowest BCUT2D eigenvalue weighted by Gasteiger charge is -2.40. The molecule has 1 aromatic rings.